The van der Waals surface area contributed by atoms with Crippen molar-refractivity contribution in [1.82, 2.24) is 15.5 Å². The van der Waals surface area contributed by atoms with Crippen molar-refractivity contribution >= 4 is 11.9 Å². The maximum atomic E-state index is 11.5. The molecule has 0 aliphatic carbocycles. The molecule has 1 heterocycles. The number of nitrogens with two attached hydrogens (primary N) is 1. The van der Waals surface area contributed by atoms with E-state index in [9.17, 15) is 4.79 Å². The second-order valence-electron chi connectivity index (χ2n) is 8.57. The second-order valence-corrected chi connectivity index (χ2v) is 8.57. The summed E-state index contributed by atoms with van der Waals surface area (Å²) in [6.45, 7) is 4.46. The van der Waals surface area contributed by atoms with Crippen LogP contribution in [-0.2, 0) is 11.2 Å². The van der Waals surface area contributed by atoms with Crippen LogP contribution in [0.3, 0.4) is 0 Å². The van der Waals surface area contributed by atoms with Gasteiger partial charge >= 0.3 is 0 Å². The number of guanidine groups is 1. The van der Waals surface area contributed by atoms with Crippen LogP contribution in [0.4, 0.5) is 0 Å². The van der Waals surface area contributed by atoms with Gasteiger partial charge in [-0.15, -0.1) is 0 Å². The first-order valence-corrected chi connectivity index (χ1v) is 11.7. The minimum absolute atomic E-state index is 0.00526. The van der Waals surface area contributed by atoms with Crippen molar-refractivity contribution in [3.63, 3.8) is 0 Å². The number of nitrogens with one attached hydrogen (secondary N) is 2. The highest BCUT2D eigenvalue weighted by molar-refractivity contribution is 5.79. The monoisotopic (exact) mass is 435 g/mol. The van der Waals surface area contributed by atoms with Crippen LogP contribution in [0.25, 0.3) is 0 Å². The molecule has 0 aromatic heterocycles. The fourth-order valence-electron chi connectivity index (χ4n) is 4.37. The first-order valence-electron chi connectivity index (χ1n) is 11.7. The standard InChI is InChI=1S/C26H37N5O/c1-28-26(29-15-9-17-31-16-8-14-23(20-31)25(27)32)30-19-24(22-12-6-3-7-13-22)18-21-10-4-2-5-11-21/h2-7,10-13,23-24H,8-9,14-20H2,1H3,(H2,27,32)(H2,28,29,30). The molecule has 2 aromatic carbocycles. The smallest absolute Gasteiger partial charge is 0.221 e. The Kier molecular flexibility index (Phi) is 9.57. The SMILES string of the molecule is CN=C(NCCCN1CCCC(C(N)=O)C1)NCC(Cc1ccccc1)c1ccccc1. The maximum absolute atomic E-state index is 11.5. The number of carbonyl (C=O) groups excluding carboxylic acids is 1. The first-order chi connectivity index (χ1) is 15.7. The molecule has 0 saturated carbocycles. The van der Waals surface area contributed by atoms with E-state index in [-0.39, 0.29) is 11.8 Å². The largest absolute Gasteiger partial charge is 0.369 e. The molecule has 2 aromatic rings. The Labute approximate surface area is 192 Å². The third-order valence-corrected chi connectivity index (χ3v) is 6.19. The molecule has 1 aliphatic heterocycles. The Morgan fingerprint density at radius 1 is 1.12 bits per heavy atom. The molecule has 1 amide bonds. The van der Waals surface area contributed by atoms with Crippen LogP contribution in [0, 0.1) is 5.92 Å². The third-order valence-electron chi connectivity index (χ3n) is 6.19. The number of primary amides is 1. The lowest BCUT2D eigenvalue weighted by Gasteiger charge is -2.31. The minimum atomic E-state index is -0.166. The number of aliphatic imine (C=N–C) groups is 1. The van der Waals surface area contributed by atoms with E-state index >= 15 is 0 Å². The number of benzene rings is 2. The Morgan fingerprint density at radius 2 is 1.84 bits per heavy atom. The first kappa shape index (κ1) is 23.8. The van der Waals surface area contributed by atoms with Gasteiger partial charge in [-0.3, -0.25) is 9.79 Å². The Balaban J connectivity index is 1.45. The molecule has 2 unspecified atom stereocenters. The summed E-state index contributed by atoms with van der Waals surface area (Å²) < 4.78 is 0. The molecule has 1 saturated heterocycles. The Hall–Kier alpha value is -2.86. The van der Waals surface area contributed by atoms with E-state index in [1.165, 1.54) is 11.1 Å². The normalized spacial score (nSPS) is 18.2. The quantitative estimate of drug-likeness (QED) is 0.304. The fourth-order valence-corrected chi connectivity index (χ4v) is 4.37. The maximum Gasteiger partial charge on any atom is 0.221 e. The van der Waals surface area contributed by atoms with Crippen LogP contribution in [-0.4, -0.2) is 56.5 Å². The zero-order chi connectivity index (χ0) is 22.6. The molecule has 2 atom stereocenters. The molecule has 172 valence electrons. The van der Waals surface area contributed by atoms with Gasteiger partial charge in [0.15, 0.2) is 5.96 Å². The number of hydrogen-bond acceptors (Lipinski definition) is 3. The van der Waals surface area contributed by atoms with E-state index in [1.54, 1.807) is 0 Å². The summed E-state index contributed by atoms with van der Waals surface area (Å²) in [6, 6.07) is 21.3. The number of carbonyl (C=O) groups is 1. The molecule has 4 N–H and O–H groups in total. The summed E-state index contributed by atoms with van der Waals surface area (Å²) in [5, 5.41) is 6.95. The summed E-state index contributed by atoms with van der Waals surface area (Å²) in [6.07, 6.45) is 3.95. The summed E-state index contributed by atoms with van der Waals surface area (Å²) >= 11 is 0. The van der Waals surface area contributed by atoms with Gasteiger partial charge < -0.3 is 21.3 Å². The topological polar surface area (TPSA) is 82.8 Å². The van der Waals surface area contributed by atoms with Gasteiger partial charge in [0.1, 0.15) is 0 Å². The Morgan fingerprint density at radius 3 is 2.53 bits per heavy atom. The zero-order valence-corrected chi connectivity index (χ0v) is 19.2. The van der Waals surface area contributed by atoms with E-state index in [4.69, 9.17) is 5.73 Å². The van der Waals surface area contributed by atoms with Gasteiger partial charge in [0.05, 0.1) is 5.92 Å². The highest BCUT2D eigenvalue weighted by atomic mass is 16.1. The van der Waals surface area contributed by atoms with Crippen molar-refractivity contribution in [3.05, 3.63) is 71.8 Å². The summed E-state index contributed by atoms with van der Waals surface area (Å²) in [4.78, 5) is 18.2. The minimum Gasteiger partial charge on any atom is -0.369 e. The van der Waals surface area contributed by atoms with E-state index in [0.29, 0.717) is 5.92 Å². The summed E-state index contributed by atoms with van der Waals surface area (Å²) in [7, 11) is 1.81. The van der Waals surface area contributed by atoms with Gasteiger partial charge in [-0.05, 0) is 49.9 Å². The number of hydrogen-bond donors (Lipinski definition) is 3. The second kappa shape index (κ2) is 12.9. The van der Waals surface area contributed by atoms with Crippen LogP contribution in [0.5, 0.6) is 0 Å². The van der Waals surface area contributed by atoms with Gasteiger partial charge in [-0.2, -0.15) is 0 Å². The van der Waals surface area contributed by atoms with Gasteiger partial charge in [-0.25, -0.2) is 0 Å². The van der Waals surface area contributed by atoms with Gasteiger partial charge in [0, 0.05) is 32.6 Å². The van der Waals surface area contributed by atoms with Crippen LogP contribution in [0.15, 0.2) is 65.7 Å². The number of nitrogens with zero attached hydrogens (tertiary/aromatic N) is 2. The summed E-state index contributed by atoms with van der Waals surface area (Å²) in [5.74, 6) is 1.02. The number of piperidine rings is 1. The van der Waals surface area contributed by atoms with E-state index in [0.717, 1.165) is 64.4 Å². The molecular formula is C26H37N5O. The van der Waals surface area contributed by atoms with Crippen molar-refractivity contribution < 1.29 is 4.79 Å². The highest BCUT2D eigenvalue weighted by Gasteiger charge is 2.23. The molecule has 32 heavy (non-hydrogen) atoms. The fraction of sp³-hybridized carbons (Fsp3) is 0.462. The van der Waals surface area contributed by atoms with Crippen molar-refractivity contribution in [2.24, 2.45) is 16.6 Å². The van der Waals surface area contributed by atoms with Crippen LogP contribution >= 0.6 is 0 Å². The molecule has 1 aliphatic rings. The molecule has 3 rings (SSSR count). The average molecular weight is 436 g/mol. The highest BCUT2D eigenvalue weighted by Crippen LogP contribution is 2.20. The number of rotatable bonds is 10. The predicted octanol–water partition coefficient (Wildman–Crippen LogP) is 2.77. The number of likely N-dealkylation sites (tertiary alicyclic amines) is 1. The van der Waals surface area contributed by atoms with E-state index in [2.05, 4.69) is 81.2 Å². The molecular weight excluding hydrogens is 398 g/mol. The Bertz CT molecular complexity index is 840. The molecule has 0 bridgehead atoms. The number of amides is 1. The zero-order valence-electron chi connectivity index (χ0n) is 19.2. The van der Waals surface area contributed by atoms with E-state index in [1.807, 2.05) is 7.05 Å². The lowest BCUT2D eigenvalue weighted by molar-refractivity contribution is -0.123. The molecule has 1 fully saturated rings. The van der Waals surface area contributed by atoms with Crippen molar-refractivity contribution in [2.45, 2.75) is 31.6 Å². The van der Waals surface area contributed by atoms with Gasteiger partial charge in [0.2, 0.25) is 5.91 Å². The van der Waals surface area contributed by atoms with Crippen molar-refractivity contribution in [2.75, 3.05) is 39.8 Å². The van der Waals surface area contributed by atoms with Crippen molar-refractivity contribution in [3.8, 4) is 0 Å². The third kappa shape index (κ3) is 7.68. The van der Waals surface area contributed by atoms with Gasteiger partial charge in [0.25, 0.3) is 0 Å². The lowest BCUT2D eigenvalue weighted by atomic mass is 9.92. The van der Waals surface area contributed by atoms with Crippen LogP contribution in [0.2, 0.25) is 0 Å². The molecule has 6 nitrogen and oxygen atoms in total. The molecule has 0 radical (unpaired) electrons. The summed E-state index contributed by atoms with van der Waals surface area (Å²) in [5.41, 5.74) is 8.15. The van der Waals surface area contributed by atoms with Gasteiger partial charge in [-0.1, -0.05) is 60.7 Å². The predicted molar refractivity (Wildman–Crippen MR) is 132 cm³/mol. The lowest BCUT2D eigenvalue weighted by Crippen LogP contribution is -2.43. The van der Waals surface area contributed by atoms with E-state index < -0.39 is 0 Å². The molecule has 0 spiro atoms. The molecule has 6 heteroatoms. The van der Waals surface area contributed by atoms with Crippen LogP contribution in [0.1, 0.15) is 36.3 Å². The van der Waals surface area contributed by atoms with Crippen LogP contribution < -0.4 is 16.4 Å². The van der Waals surface area contributed by atoms with Crippen molar-refractivity contribution in [1.29, 1.82) is 0 Å². The average Bonchev–Trinajstić information content (AvgIpc) is 2.84.